The van der Waals surface area contributed by atoms with Gasteiger partial charge in [-0.05, 0) is 103 Å². The predicted octanol–water partition coefficient (Wildman–Crippen LogP) is 6.79. The van der Waals surface area contributed by atoms with E-state index in [0.717, 1.165) is 19.5 Å². The van der Waals surface area contributed by atoms with Gasteiger partial charge in [0.1, 0.15) is 0 Å². The van der Waals surface area contributed by atoms with Crippen molar-refractivity contribution in [1.82, 2.24) is 0 Å². The summed E-state index contributed by atoms with van der Waals surface area (Å²) in [5.41, 5.74) is 6.52. The van der Waals surface area contributed by atoms with E-state index in [2.05, 4.69) is 86.0 Å². The second-order valence-electron chi connectivity index (χ2n) is 8.23. The highest BCUT2D eigenvalue weighted by molar-refractivity contribution is 14.1. The van der Waals surface area contributed by atoms with Crippen LogP contribution in [0.3, 0.4) is 0 Å². The lowest BCUT2D eigenvalue weighted by Gasteiger charge is -2.21. The van der Waals surface area contributed by atoms with Gasteiger partial charge in [-0.3, -0.25) is 4.79 Å². The van der Waals surface area contributed by atoms with E-state index < -0.39 is 0 Å². The van der Waals surface area contributed by atoms with Gasteiger partial charge in [0.05, 0.1) is 16.4 Å². The molecule has 2 aliphatic rings. The number of aryl methyl sites for hydroxylation is 2. The lowest BCUT2D eigenvalue weighted by molar-refractivity contribution is -0.109. The van der Waals surface area contributed by atoms with E-state index in [0.29, 0.717) is 6.42 Å². The van der Waals surface area contributed by atoms with Gasteiger partial charge in [0.15, 0.2) is 8.69 Å². The molecule has 0 amide bonds. The van der Waals surface area contributed by atoms with E-state index in [9.17, 15) is 4.79 Å². The first-order chi connectivity index (χ1) is 15.4. The van der Waals surface area contributed by atoms with Crippen LogP contribution >= 0.6 is 34.4 Å². The van der Waals surface area contributed by atoms with Crippen LogP contribution in [0.4, 0.5) is 11.4 Å². The highest BCUT2D eigenvalue weighted by Gasteiger charge is 2.36. The zero-order chi connectivity index (χ0) is 22.8. The number of thiol groups is 1. The summed E-state index contributed by atoms with van der Waals surface area (Å²) in [6.45, 7) is 10.5. The average molecular weight is 578 g/mol. The number of carbonyl (C=O) groups is 1. The Morgan fingerprint density at radius 3 is 2.53 bits per heavy atom. The molecule has 0 spiro atoms. The normalized spacial score (nSPS) is 19.0. The lowest BCUT2D eigenvalue weighted by Crippen LogP contribution is -2.32. The average Bonchev–Trinajstić information content (AvgIpc) is 3.27. The van der Waals surface area contributed by atoms with E-state index >= 15 is 0 Å². The maximum atomic E-state index is 11.7. The van der Waals surface area contributed by atoms with Gasteiger partial charge in [0, 0.05) is 36.2 Å². The van der Waals surface area contributed by atoms with Crippen LogP contribution in [0, 0.1) is 13.8 Å². The van der Waals surface area contributed by atoms with Crippen LogP contribution in [0.2, 0.25) is 0 Å². The Morgan fingerprint density at radius 1 is 1.12 bits per heavy atom. The molecule has 0 aliphatic carbocycles. The number of benzene rings is 2. The number of allylic oxidation sites excluding steroid dienone is 2. The Kier molecular flexibility index (Phi) is 7.62. The molecular formula is C26H30IN2OS2+. The van der Waals surface area contributed by atoms with Crippen molar-refractivity contribution in [3.8, 4) is 0 Å². The maximum absolute atomic E-state index is 11.7. The first kappa shape index (κ1) is 23.8. The molecular weight excluding hydrogens is 547 g/mol. The second-order valence-corrected chi connectivity index (χ2v) is 11.8. The third kappa shape index (κ3) is 5.07. The third-order valence-electron chi connectivity index (χ3n) is 5.86. The molecule has 0 fully saturated rings. The minimum Gasteiger partial charge on any atom is -0.335 e. The minimum atomic E-state index is 0.218. The van der Waals surface area contributed by atoms with Crippen LogP contribution < -0.4 is 9.80 Å². The number of hydrogen-bond acceptors (Lipinski definition) is 4. The summed E-state index contributed by atoms with van der Waals surface area (Å²) in [7, 11) is 0. The summed E-state index contributed by atoms with van der Waals surface area (Å²) in [6.07, 6.45) is 6.35. The quantitative estimate of drug-likeness (QED) is 0.157. The smallest absolute Gasteiger partial charge is 0.213 e. The first-order valence-corrected chi connectivity index (χ1v) is 14.0. The Balaban J connectivity index is 1.64. The molecule has 4 rings (SSSR count). The molecule has 2 heterocycles. The molecule has 0 saturated carbocycles. The highest BCUT2D eigenvalue weighted by atomic mass is 127. The molecule has 1 unspecified atom stereocenters. The summed E-state index contributed by atoms with van der Waals surface area (Å²) >= 11 is 5.08. The molecule has 32 heavy (non-hydrogen) atoms. The van der Waals surface area contributed by atoms with Crippen molar-refractivity contribution >= 4 is 61.3 Å². The SMILES string of the molecule is CCC(/C=C1\Sc2ccc(C)cc2N1CC)=C\C1[SH+]c2ccc(C)cc2N1CCC(=O)I. The maximum Gasteiger partial charge on any atom is 0.213 e. The number of rotatable bonds is 7. The fraction of sp³-hybridized carbons (Fsp3) is 0.346. The fourth-order valence-corrected chi connectivity index (χ4v) is 7.02. The predicted molar refractivity (Wildman–Crippen MR) is 149 cm³/mol. The summed E-state index contributed by atoms with van der Waals surface area (Å²) in [5, 5.41) is 1.57. The van der Waals surface area contributed by atoms with Gasteiger partial charge in [-0.2, -0.15) is 0 Å². The van der Waals surface area contributed by atoms with Crippen LogP contribution in [0.1, 0.15) is 37.8 Å². The summed E-state index contributed by atoms with van der Waals surface area (Å²) in [5.74, 6) is 0. The molecule has 0 saturated heterocycles. The molecule has 168 valence electrons. The number of anilines is 2. The molecule has 0 N–H and O–H groups in total. The van der Waals surface area contributed by atoms with Gasteiger partial charge in [0.25, 0.3) is 0 Å². The van der Waals surface area contributed by atoms with E-state index in [4.69, 9.17) is 0 Å². The number of fused-ring (bicyclic) bond motifs is 2. The number of hydrogen-bond donors (Lipinski definition) is 0. The Bertz CT molecular complexity index is 1100. The van der Waals surface area contributed by atoms with E-state index in [1.807, 2.05) is 34.4 Å². The monoisotopic (exact) mass is 577 g/mol. The molecule has 6 heteroatoms. The Morgan fingerprint density at radius 2 is 1.84 bits per heavy atom. The number of carbonyl (C=O) groups excluding carboxylic acids is 1. The molecule has 1 atom stereocenters. The molecule has 2 aliphatic heterocycles. The summed E-state index contributed by atoms with van der Waals surface area (Å²) in [6, 6.07) is 13.4. The van der Waals surface area contributed by atoms with Crippen molar-refractivity contribution in [2.75, 3.05) is 22.9 Å². The molecule has 3 nitrogen and oxygen atoms in total. The van der Waals surface area contributed by atoms with Crippen molar-refractivity contribution in [3.05, 3.63) is 70.3 Å². The van der Waals surface area contributed by atoms with Gasteiger partial charge in [-0.1, -0.05) is 30.8 Å². The van der Waals surface area contributed by atoms with Gasteiger partial charge < -0.3 is 9.80 Å². The molecule has 2 aromatic carbocycles. The topological polar surface area (TPSA) is 23.6 Å². The number of halogens is 1. The van der Waals surface area contributed by atoms with Gasteiger partial charge in [-0.25, -0.2) is 0 Å². The van der Waals surface area contributed by atoms with Gasteiger partial charge in [-0.15, -0.1) is 0 Å². The van der Waals surface area contributed by atoms with E-state index in [1.165, 1.54) is 54.7 Å². The molecule has 0 aromatic heterocycles. The summed E-state index contributed by atoms with van der Waals surface area (Å²) < 4.78 is 0.218. The fourth-order valence-electron chi connectivity index (χ4n) is 4.18. The van der Waals surface area contributed by atoms with Crippen molar-refractivity contribution in [1.29, 1.82) is 0 Å². The minimum absolute atomic E-state index is 0.218. The van der Waals surface area contributed by atoms with Crippen LogP contribution in [0.5, 0.6) is 0 Å². The zero-order valence-corrected chi connectivity index (χ0v) is 22.9. The van der Waals surface area contributed by atoms with Crippen molar-refractivity contribution < 1.29 is 4.79 Å². The Hall–Kier alpha value is -1.38. The van der Waals surface area contributed by atoms with Crippen LogP contribution in [-0.4, -0.2) is 22.3 Å². The van der Waals surface area contributed by atoms with E-state index in [1.54, 1.807) is 0 Å². The second kappa shape index (κ2) is 10.3. The number of thioether (sulfide) groups is 1. The summed E-state index contributed by atoms with van der Waals surface area (Å²) in [4.78, 5) is 19.3. The molecule has 0 radical (unpaired) electrons. The van der Waals surface area contributed by atoms with E-state index in [-0.39, 0.29) is 9.16 Å². The Labute approximate surface area is 213 Å². The highest BCUT2D eigenvalue weighted by Crippen LogP contribution is 2.46. The largest absolute Gasteiger partial charge is 0.335 e. The third-order valence-corrected chi connectivity index (χ3v) is 8.86. The van der Waals surface area contributed by atoms with Crippen LogP contribution in [0.15, 0.2) is 68.9 Å². The lowest BCUT2D eigenvalue weighted by atomic mass is 10.1. The van der Waals surface area contributed by atoms with Crippen LogP contribution in [0.25, 0.3) is 0 Å². The number of nitrogens with zero attached hydrogens (tertiary/aromatic N) is 2. The van der Waals surface area contributed by atoms with Crippen LogP contribution in [-0.2, 0) is 16.6 Å². The van der Waals surface area contributed by atoms with Crippen molar-refractivity contribution in [2.45, 2.75) is 55.7 Å². The zero-order valence-electron chi connectivity index (χ0n) is 19.1. The van der Waals surface area contributed by atoms with Gasteiger partial charge in [0.2, 0.25) is 5.37 Å². The molecule has 2 aromatic rings. The van der Waals surface area contributed by atoms with Crippen molar-refractivity contribution in [2.24, 2.45) is 0 Å². The first-order valence-electron chi connectivity index (χ1n) is 11.1. The van der Waals surface area contributed by atoms with Gasteiger partial charge >= 0.3 is 0 Å². The molecule has 0 bridgehead atoms. The standard InChI is InChI=1S/C26H29IN2OS2/c1-5-19(15-25-28(6-2)20-13-17(3)7-9-22(20)31-25)16-26-29(12-11-24(27)30)21-14-18(4)8-10-23(21)32-26/h7-10,13-16,26H,5-6,11-12H2,1-4H3/p+1/b19-16+,25-15-. The van der Waals surface area contributed by atoms with Crippen molar-refractivity contribution in [3.63, 3.8) is 0 Å².